The van der Waals surface area contributed by atoms with Crippen LogP contribution in [0, 0.1) is 17.0 Å². The first kappa shape index (κ1) is 29.6. The number of ether oxygens (including phenoxy) is 2. The monoisotopic (exact) mass is 564 g/mol. The van der Waals surface area contributed by atoms with Crippen molar-refractivity contribution in [3.8, 4) is 11.5 Å². The molecule has 1 heterocycles. The molecule has 1 aliphatic rings. The van der Waals surface area contributed by atoms with Crippen molar-refractivity contribution < 1.29 is 44.6 Å². The molecule has 1 unspecified atom stereocenters. The van der Waals surface area contributed by atoms with Gasteiger partial charge in [-0.15, -0.1) is 13.2 Å². The smallest absolute Gasteiger partial charge is 0.491 e. The molecule has 0 N–H and O–H groups in total. The number of alkyl halides is 3. The molecule has 1 aliphatic heterocycles. The predicted molar refractivity (Wildman–Crippen MR) is 128 cm³/mol. The van der Waals surface area contributed by atoms with Crippen molar-refractivity contribution in [2.24, 2.45) is 5.41 Å². The third-order valence-electron chi connectivity index (χ3n) is 6.19. The molecule has 0 saturated carbocycles. The Balaban J connectivity index is 1.55. The third-order valence-corrected chi connectivity index (χ3v) is 8.22. The second-order valence-corrected chi connectivity index (χ2v) is 11.5. The fourth-order valence-electron chi connectivity index (χ4n) is 4.25. The average Bonchev–Trinajstić information content (AvgIpc) is 2.81. The molecule has 1 fully saturated rings. The number of hydrogen-bond acceptors (Lipinski definition) is 5. The van der Waals surface area contributed by atoms with E-state index in [1.54, 1.807) is 25.7 Å². The Bertz CT molecular complexity index is 1240. The molecule has 2 aromatic carbocycles. The minimum Gasteiger partial charge on any atom is -0.491 e. The molecule has 0 aliphatic carbocycles. The number of benzene rings is 2. The van der Waals surface area contributed by atoms with Crippen molar-refractivity contribution in [1.29, 1.82) is 0 Å². The van der Waals surface area contributed by atoms with Gasteiger partial charge in [0, 0.05) is 37.2 Å². The normalized spacial score (nSPS) is 17.4. The Morgan fingerprint density at radius 1 is 1.05 bits per heavy atom. The number of carbonyl (C=O) groups is 1. The lowest BCUT2D eigenvalue weighted by atomic mass is 9.86. The summed E-state index contributed by atoms with van der Waals surface area (Å²) in [6.45, 7) is 5.56. The largest absolute Gasteiger partial charge is 0.573 e. The third kappa shape index (κ3) is 7.34. The maximum atomic E-state index is 13.7. The fraction of sp³-hybridized carbons (Fsp3) is 0.480. The molecule has 0 aromatic heterocycles. The standard InChI is InChI=1S/C25H29F5N2O5S/c1-17-16-31(23(33)24(2,3)11-4-14-36-22-10-5-18(26)15-21(22)27)12-13-32(17)38(34,35)20-8-6-19(7-9-20)37-25(28,29)30/h5-10,15,17H,4,11-14,16H2,1-3H3. The molecule has 2 aromatic rings. The van der Waals surface area contributed by atoms with E-state index in [0.29, 0.717) is 12.8 Å². The highest BCUT2D eigenvalue weighted by Gasteiger charge is 2.39. The summed E-state index contributed by atoms with van der Waals surface area (Å²) in [7, 11) is -4.02. The van der Waals surface area contributed by atoms with Gasteiger partial charge in [-0.25, -0.2) is 17.2 Å². The summed E-state index contributed by atoms with van der Waals surface area (Å²) in [5, 5.41) is 0. The van der Waals surface area contributed by atoms with E-state index in [-0.39, 0.29) is 42.8 Å². The van der Waals surface area contributed by atoms with E-state index in [4.69, 9.17) is 4.74 Å². The van der Waals surface area contributed by atoms with Gasteiger partial charge in [-0.05, 0) is 56.2 Å². The summed E-state index contributed by atoms with van der Waals surface area (Å²) in [6, 6.07) is 6.38. The highest BCUT2D eigenvalue weighted by atomic mass is 32.2. The molecule has 0 spiro atoms. The van der Waals surface area contributed by atoms with Gasteiger partial charge in [0.15, 0.2) is 11.6 Å². The van der Waals surface area contributed by atoms with Crippen LogP contribution in [0.5, 0.6) is 11.5 Å². The zero-order valence-electron chi connectivity index (χ0n) is 21.1. The van der Waals surface area contributed by atoms with E-state index in [1.165, 1.54) is 10.4 Å². The van der Waals surface area contributed by atoms with Gasteiger partial charge in [-0.3, -0.25) is 4.79 Å². The summed E-state index contributed by atoms with van der Waals surface area (Å²) in [6.07, 6.45) is -4.06. The van der Waals surface area contributed by atoms with Crippen LogP contribution >= 0.6 is 0 Å². The van der Waals surface area contributed by atoms with Gasteiger partial charge in [0.25, 0.3) is 0 Å². The van der Waals surface area contributed by atoms with Gasteiger partial charge in [0.2, 0.25) is 15.9 Å². The van der Waals surface area contributed by atoms with Gasteiger partial charge >= 0.3 is 6.36 Å². The number of amides is 1. The SMILES string of the molecule is CC1CN(C(=O)C(C)(C)CCCOc2ccc(F)cc2F)CCN1S(=O)(=O)c1ccc(OC(F)(F)F)cc1. The number of piperazine rings is 1. The zero-order valence-corrected chi connectivity index (χ0v) is 21.9. The first-order valence-electron chi connectivity index (χ1n) is 11.8. The Hall–Kier alpha value is -2.93. The van der Waals surface area contributed by atoms with E-state index < -0.39 is 45.2 Å². The van der Waals surface area contributed by atoms with E-state index >= 15 is 0 Å². The van der Waals surface area contributed by atoms with Crippen LogP contribution in [-0.2, 0) is 14.8 Å². The van der Waals surface area contributed by atoms with E-state index in [2.05, 4.69) is 4.74 Å². The van der Waals surface area contributed by atoms with Crippen molar-refractivity contribution in [3.05, 3.63) is 54.1 Å². The van der Waals surface area contributed by atoms with Crippen LogP contribution < -0.4 is 9.47 Å². The van der Waals surface area contributed by atoms with Crippen LogP contribution in [0.1, 0.15) is 33.6 Å². The molecule has 210 valence electrons. The first-order chi connectivity index (χ1) is 17.6. The molecule has 3 rings (SSSR count). The first-order valence-corrected chi connectivity index (χ1v) is 13.3. The second kappa shape index (κ2) is 11.4. The maximum Gasteiger partial charge on any atom is 0.573 e. The molecular formula is C25H29F5N2O5S. The fourth-order valence-corrected chi connectivity index (χ4v) is 5.87. The summed E-state index contributed by atoms with van der Waals surface area (Å²) in [5.74, 6) is -2.31. The molecule has 1 saturated heterocycles. The minimum absolute atomic E-state index is 0.0130. The highest BCUT2D eigenvalue weighted by Crippen LogP contribution is 2.30. The molecular weight excluding hydrogens is 535 g/mol. The van der Waals surface area contributed by atoms with Crippen LogP contribution in [0.4, 0.5) is 22.0 Å². The molecule has 38 heavy (non-hydrogen) atoms. The van der Waals surface area contributed by atoms with Gasteiger partial charge in [0.1, 0.15) is 11.6 Å². The summed E-state index contributed by atoms with van der Waals surface area (Å²) >= 11 is 0. The lowest BCUT2D eigenvalue weighted by molar-refractivity contribution is -0.274. The van der Waals surface area contributed by atoms with Crippen molar-refractivity contribution >= 4 is 15.9 Å². The van der Waals surface area contributed by atoms with Gasteiger partial charge in [0.05, 0.1) is 11.5 Å². The van der Waals surface area contributed by atoms with Gasteiger partial charge < -0.3 is 14.4 Å². The number of rotatable bonds is 9. The highest BCUT2D eigenvalue weighted by molar-refractivity contribution is 7.89. The van der Waals surface area contributed by atoms with Crippen molar-refractivity contribution in [2.75, 3.05) is 26.2 Å². The lowest BCUT2D eigenvalue weighted by Gasteiger charge is -2.41. The Labute approximate surface area is 218 Å². The number of carbonyl (C=O) groups excluding carboxylic acids is 1. The number of halogens is 5. The van der Waals surface area contributed by atoms with Crippen molar-refractivity contribution in [3.63, 3.8) is 0 Å². The molecule has 1 atom stereocenters. The van der Waals surface area contributed by atoms with Crippen LogP contribution in [0.15, 0.2) is 47.4 Å². The summed E-state index contributed by atoms with van der Waals surface area (Å²) < 4.78 is 100. The quantitative estimate of drug-likeness (QED) is 0.318. The summed E-state index contributed by atoms with van der Waals surface area (Å²) in [5.41, 5.74) is -0.806. The minimum atomic E-state index is -4.89. The van der Waals surface area contributed by atoms with Crippen LogP contribution in [0.25, 0.3) is 0 Å². The second-order valence-electron chi connectivity index (χ2n) is 9.65. The lowest BCUT2D eigenvalue weighted by Crippen LogP contribution is -2.57. The van der Waals surface area contributed by atoms with Gasteiger partial charge in [-0.1, -0.05) is 13.8 Å². The molecule has 0 radical (unpaired) electrons. The maximum absolute atomic E-state index is 13.7. The van der Waals surface area contributed by atoms with E-state index in [1.807, 2.05) is 0 Å². The van der Waals surface area contributed by atoms with Crippen LogP contribution in [0.2, 0.25) is 0 Å². The Kier molecular flexibility index (Phi) is 8.92. The Morgan fingerprint density at radius 3 is 2.29 bits per heavy atom. The predicted octanol–water partition coefficient (Wildman–Crippen LogP) is 4.97. The molecule has 0 bridgehead atoms. The summed E-state index contributed by atoms with van der Waals surface area (Å²) in [4.78, 5) is 14.6. The van der Waals surface area contributed by atoms with E-state index in [9.17, 15) is 35.2 Å². The molecule has 1 amide bonds. The molecule has 13 heteroatoms. The zero-order chi connectivity index (χ0) is 28.3. The Morgan fingerprint density at radius 2 is 1.71 bits per heavy atom. The van der Waals surface area contributed by atoms with Gasteiger partial charge in [-0.2, -0.15) is 4.31 Å². The molecule has 7 nitrogen and oxygen atoms in total. The van der Waals surface area contributed by atoms with Crippen molar-refractivity contribution in [2.45, 2.75) is 50.9 Å². The number of nitrogens with zero attached hydrogens (tertiary/aromatic N) is 2. The topological polar surface area (TPSA) is 76.2 Å². The van der Waals surface area contributed by atoms with Crippen molar-refractivity contribution in [1.82, 2.24) is 9.21 Å². The van der Waals surface area contributed by atoms with Crippen LogP contribution in [0.3, 0.4) is 0 Å². The average molecular weight is 565 g/mol. The van der Waals surface area contributed by atoms with Crippen LogP contribution in [-0.4, -0.2) is 62.2 Å². The number of hydrogen-bond donors (Lipinski definition) is 0. The number of sulfonamides is 1. The van der Waals surface area contributed by atoms with E-state index in [0.717, 1.165) is 36.4 Å².